The van der Waals surface area contributed by atoms with Crippen molar-refractivity contribution in [2.75, 3.05) is 11.9 Å². The monoisotopic (exact) mass is 246 g/mol. The molecule has 1 amide bonds. The second-order valence-corrected chi connectivity index (χ2v) is 5.36. The average molecular weight is 246 g/mol. The lowest BCUT2D eigenvalue weighted by Gasteiger charge is -2.29. The minimum absolute atomic E-state index is 0.0973. The maximum Gasteiger partial charge on any atom is 0.229 e. The highest BCUT2D eigenvalue weighted by Gasteiger charge is 2.27. The Morgan fingerprint density at radius 3 is 2.56 bits per heavy atom. The van der Waals surface area contributed by atoms with E-state index in [9.17, 15) is 4.79 Å². The minimum Gasteiger partial charge on any atom is -0.328 e. The van der Waals surface area contributed by atoms with Crippen molar-refractivity contribution in [3.8, 4) is 0 Å². The topological polar surface area (TPSA) is 46.3 Å². The molecule has 0 saturated heterocycles. The molecule has 2 unspecified atom stereocenters. The van der Waals surface area contributed by atoms with Crippen LogP contribution in [0, 0.1) is 12.8 Å². The molecule has 1 aromatic rings. The van der Waals surface area contributed by atoms with Crippen LogP contribution in [0.15, 0.2) is 24.3 Å². The molecule has 1 aromatic carbocycles. The summed E-state index contributed by atoms with van der Waals surface area (Å²) in [6, 6.07) is 8.25. The molecule has 0 aromatic heterocycles. The van der Waals surface area contributed by atoms with E-state index in [1.54, 1.807) is 4.90 Å². The Kier molecular flexibility index (Phi) is 4.02. The van der Waals surface area contributed by atoms with Crippen LogP contribution in [0.5, 0.6) is 0 Å². The lowest BCUT2D eigenvalue weighted by atomic mass is 9.85. The first-order valence-electron chi connectivity index (χ1n) is 6.67. The van der Waals surface area contributed by atoms with E-state index in [1.807, 2.05) is 38.2 Å². The first-order chi connectivity index (χ1) is 8.58. The van der Waals surface area contributed by atoms with Crippen LogP contribution in [0.25, 0.3) is 0 Å². The predicted molar refractivity (Wildman–Crippen MR) is 74.5 cm³/mol. The smallest absolute Gasteiger partial charge is 0.229 e. The number of carbonyl (C=O) groups is 1. The molecule has 3 heteroatoms. The number of nitrogens with zero attached hydrogens (tertiary/aromatic N) is 1. The summed E-state index contributed by atoms with van der Waals surface area (Å²) in [5.41, 5.74) is 8.12. The molecule has 2 rings (SSSR count). The van der Waals surface area contributed by atoms with Gasteiger partial charge >= 0.3 is 0 Å². The summed E-state index contributed by atoms with van der Waals surface area (Å²) < 4.78 is 0. The summed E-state index contributed by atoms with van der Waals surface area (Å²) in [6.45, 7) is 2.05. The molecular weight excluding hydrogens is 224 g/mol. The lowest BCUT2D eigenvalue weighted by molar-refractivity contribution is -0.123. The number of benzene rings is 1. The van der Waals surface area contributed by atoms with Gasteiger partial charge in [0.05, 0.1) is 0 Å². The van der Waals surface area contributed by atoms with Crippen LogP contribution < -0.4 is 10.6 Å². The Morgan fingerprint density at radius 1 is 1.28 bits per heavy atom. The van der Waals surface area contributed by atoms with Crippen LogP contribution in [0.3, 0.4) is 0 Å². The highest BCUT2D eigenvalue weighted by molar-refractivity contribution is 5.94. The third kappa shape index (κ3) is 2.91. The fourth-order valence-corrected chi connectivity index (χ4v) is 2.62. The van der Waals surface area contributed by atoms with Crippen LogP contribution >= 0.6 is 0 Å². The van der Waals surface area contributed by atoms with Gasteiger partial charge in [0.15, 0.2) is 0 Å². The SMILES string of the molecule is Cc1ccc(N(C)C(=O)C2CCCC(N)C2)cc1. The zero-order valence-corrected chi connectivity index (χ0v) is 11.2. The molecule has 2 N–H and O–H groups in total. The number of carbonyl (C=O) groups excluding carboxylic acids is 1. The molecule has 0 spiro atoms. The van der Waals surface area contributed by atoms with Gasteiger partial charge in [0, 0.05) is 24.7 Å². The van der Waals surface area contributed by atoms with E-state index in [4.69, 9.17) is 5.73 Å². The average Bonchev–Trinajstić information content (AvgIpc) is 2.38. The van der Waals surface area contributed by atoms with Gasteiger partial charge in [0.2, 0.25) is 5.91 Å². The maximum absolute atomic E-state index is 12.4. The van der Waals surface area contributed by atoms with Gasteiger partial charge in [-0.1, -0.05) is 24.1 Å². The number of hydrogen-bond acceptors (Lipinski definition) is 2. The normalized spacial score (nSPS) is 23.7. The summed E-state index contributed by atoms with van der Waals surface area (Å²) in [6.07, 6.45) is 3.93. The molecule has 98 valence electrons. The van der Waals surface area contributed by atoms with E-state index in [0.717, 1.165) is 31.4 Å². The number of anilines is 1. The summed E-state index contributed by atoms with van der Waals surface area (Å²) in [5.74, 6) is 0.300. The summed E-state index contributed by atoms with van der Waals surface area (Å²) >= 11 is 0. The van der Waals surface area contributed by atoms with E-state index in [1.165, 1.54) is 5.56 Å². The molecular formula is C15H22N2O. The second-order valence-electron chi connectivity index (χ2n) is 5.36. The number of aryl methyl sites for hydroxylation is 1. The molecule has 0 radical (unpaired) electrons. The molecule has 0 bridgehead atoms. The van der Waals surface area contributed by atoms with Crippen molar-refractivity contribution in [3.05, 3.63) is 29.8 Å². The highest BCUT2D eigenvalue weighted by atomic mass is 16.2. The van der Waals surface area contributed by atoms with Gasteiger partial charge in [-0.05, 0) is 38.3 Å². The van der Waals surface area contributed by atoms with Gasteiger partial charge in [-0.2, -0.15) is 0 Å². The van der Waals surface area contributed by atoms with Crippen molar-refractivity contribution in [1.29, 1.82) is 0 Å². The summed E-state index contributed by atoms with van der Waals surface area (Å²) in [5, 5.41) is 0. The molecule has 18 heavy (non-hydrogen) atoms. The third-order valence-electron chi connectivity index (χ3n) is 3.82. The Labute approximate surface area is 109 Å². The summed E-state index contributed by atoms with van der Waals surface area (Å²) in [4.78, 5) is 14.2. The van der Waals surface area contributed by atoms with Crippen LogP contribution in [0.1, 0.15) is 31.2 Å². The van der Waals surface area contributed by atoms with E-state index in [0.29, 0.717) is 0 Å². The Balaban J connectivity index is 2.06. The molecule has 2 atom stereocenters. The van der Waals surface area contributed by atoms with Gasteiger partial charge < -0.3 is 10.6 Å². The standard InChI is InChI=1S/C15H22N2O/c1-11-6-8-14(9-7-11)17(2)15(18)12-4-3-5-13(16)10-12/h6-9,12-13H,3-5,10,16H2,1-2H3. The quantitative estimate of drug-likeness (QED) is 0.871. The highest BCUT2D eigenvalue weighted by Crippen LogP contribution is 2.26. The van der Waals surface area contributed by atoms with E-state index < -0.39 is 0 Å². The molecule has 0 heterocycles. The van der Waals surface area contributed by atoms with E-state index in [2.05, 4.69) is 0 Å². The molecule has 0 aliphatic heterocycles. The van der Waals surface area contributed by atoms with Crippen LogP contribution in [-0.4, -0.2) is 19.0 Å². The largest absolute Gasteiger partial charge is 0.328 e. The number of hydrogen-bond donors (Lipinski definition) is 1. The van der Waals surface area contributed by atoms with Crippen LogP contribution in [0.2, 0.25) is 0 Å². The third-order valence-corrected chi connectivity index (χ3v) is 3.82. The predicted octanol–water partition coefficient (Wildman–Crippen LogP) is 2.48. The Bertz CT molecular complexity index is 413. The number of rotatable bonds is 2. The Hall–Kier alpha value is -1.35. The molecule has 1 saturated carbocycles. The lowest BCUT2D eigenvalue weighted by Crippen LogP contribution is -2.38. The van der Waals surface area contributed by atoms with Gasteiger partial charge in [-0.3, -0.25) is 4.79 Å². The van der Waals surface area contributed by atoms with Crippen molar-refractivity contribution in [3.63, 3.8) is 0 Å². The maximum atomic E-state index is 12.4. The van der Waals surface area contributed by atoms with Crippen molar-refractivity contribution < 1.29 is 4.79 Å². The zero-order chi connectivity index (χ0) is 13.1. The summed E-state index contributed by atoms with van der Waals surface area (Å²) in [7, 11) is 1.85. The van der Waals surface area contributed by atoms with Gasteiger partial charge in [0.1, 0.15) is 0 Å². The van der Waals surface area contributed by atoms with E-state index >= 15 is 0 Å². The van der Waals surface area contributed by atoms with Crippen LogP contribution in [-0.2, 0) is 4.79 Å². The minimum atomic E-state index is 0.0973. The zero-order valence-electron chi connectivity index (χ0n) is 11.2. The van der Waals surface area contributed by atoms with Gasteiger partial charge in [0.25, 0.3) is 0 Å². The van der Waals surface area contributed by atoms with Crippen molar-refractivity contribution in [1.82, 2.24) is 0 Å². The number of amides is 1. The van der Waals surface area contributed by atoms with E-state index in [-0.39, 0.29) is 17.9 Å². The number of nitrogens with two attached hydrogens (primary N) is 1. The van der Waals surface area contributed by atoms with Crippen molar-refractivity contribution >= 4 is 11.6 Å². The first-order valence-corrected chi connectivity index (χ1v) is 6.67. The fraction of sp³-hybridized carbons (Fsp3) is 0.533. The molecule has 1 aliphatic carbocycles. The van der Waals surface area contributed by atoms with Gasteiger partial charge in [-0.15, -0.1) is 0 Å². The first kappa shape index (κ1) is 13.1. The second kappa shape index (κ2) is 5.53. The molecule has 3 nitrogen and oxygen atoms in total. The fourth-order valence-electron chi connectivity index (χ4n) is 2.62. The molecule has 1 fully saturated rings. The van der Waals surface area contributed by atoms with Crippen LogP contribution in [0.4, 0.5) is 5.69 Å². The Morgan fingerprint density at radius 2 is 1.94 bits per heavy atom. The van der Waals surface area contributed by atoms with Crippen molar-refractivity contribution in [2.45, 2.75) is 38.6 Å². The molecule has 1 aliphatic rings. The van der Waals surface area contributed by atoms with Gasteiger partial charge in [-0.25, -0.2) is 0 Å². The van der Waals surface area contributed by atoms with Crippen molar-refractivity contribution in [2.24, 2.45) is 11.7 Å².